The maximum atomic E-state index is 12.6. The Morgan fingerprint density at radius 2 is 2.04 bits per heavy atom. The molecule has 3 rings (SSSR count). The van der Waals surface area contributed by atoms with Crippen molar-refractivity contribution in [3.63, 3.8) is 0 Å². The van der Waals surface area contributed by atoms with E-state index in [9.17, 15) is 9.59 Å². The number of hydroxylamine groups is 1. The summed E-state index contributed by atoms with van der Waals surface area (Å²) in [5.74, 6) is -0.244. The van der Waals surface area contributed by atoms with Gasteiger partial charge in [-0.25, -0.2) is 10.5 Å². The van der Waals surface area contributed by atoms with Crippen LogP contribution in [0, 0.1) is 0 Å². The average Bonchev–Trinajstić information content (AvgIpc) is 3.16. The molecule has 2 amide bonds. The molecule has 1 aliphatic heterocycles. The van der Waals surface area contributed by atoms with Crippen LogP contribution >= 0.6 is 23.2 Å². The second-order valence-electron chi connectivity index (χ2n) is 6.27. The molecule has 2 heterocycles. The topological polar surface area (TPSA) is 94.6 Å². The number of nitrogens with zero attached hydrogens (tertiary/aromatic N) is 2. The molecule has 1 fully saturated rings. The van der Waals surface area contributed by atoms with Crippen LogP contribution in [0.25, 0.3) is 6.08 Å². The molecule has 0 aliphatic carbocycles. The summed E-state index contributed by atoms with van der Waals surface area (Å²) >= 11 is 12.4. The molecular formula is C19H18Cl2N4O3. The van der Waals surface area contributed by atoms with E-state index in [-0.39, 0.29) is 11.9 Å². The molecular weight excluding hydrogens is 403 g/mol. The summed E-state index contributed by atoms with van der Waals surface area (Å²) in [7, 11) is 0. The van der Waals surface area contributed by atoms with Crippen LogP contribution in [-0.2, 0) is 4.79 Å². The predicted octanol–water partition coefficient (Wildman–Crippen LogP) is 3.23. The molecule has 0 spiro atoms. The first-order valence-electron chi connectivity index (χ1n) is 8.56. The number of hydrogen-bond donors (Lipinski definition) is 3. The zero-order valence-electron chi connectivity index (χ0n) is 14.7. The fourth-order valence-corrected chi connectivity index (χ4v) is 3.37. The summed E-state index contributed by atoms with van der Waals surface area (Å²) in [5, 5.41) is 12.6. The lowest BCUT2D eigenvalue weighted by Crippen LogP contribution is -2.31. The van der Waals surface area contributed by atoms with Crippen LogP contribution < -0.4 is 10.8 Å². The fourth-order valence-electron chi connectivity index (χ4n) is 2.92. The predicted molar refractivity (Wildman–Crippen MR) is 108 cm³/mol. The normalized spacial score (nSPS) is 16.4. The summed E-state index contributed by atoms with van der Waals surface area (Å²) in [6, 6.07) is 8.65. The number of carbonyl (C=O) groups excluding carboxylic acids is 2. The molecule has 0 unspecified atom stereocenters. The molecule has 3 N–H and O–H groups in total. The van der Waals surface area contributed by atoms with Gasteiger partial charge in [-0.2, -0.15) is 0 Å². The third-order valence-electron chi connectivity index (χ3n) is 4.32. The minimum absolute atomic E-state index is 0.0120. The highest BCUT2D eigenvalue weighted by Gasteiger charge is 2.28. The number of amides is 2. The summed E-state index contributed by atoms with van der Waals surface area (Å²) < 4.78 is 0. The molecule has 9 heteroatoms. The molecule has 0 radical (unpaired) electrons. The SMILES string of the molecule is O=C(/C=C/c1cnc(N[C@@H]2CCN(C(=O)c3ccccc3Cl)C2)c(Cl)c1)NO. The number of aromatic nitrogens is 1. The van der Waals surface area contributed by atoms with Crippen molar-refractivity contribution in [3.8, 4) is 0 Å². The molecule has 1 aromatic heterocycles. The van der Waals surface area contributed by atoms with Gasteiger partial charge in [-0.05, 0) is 36.3 Å². The highest BCUT2D eigenvalue weighted by Crippen LogP contribution is 2.25. The van der Waals surface area contributed by atoms with Crippen LogP contribution in [0.5, 0.6) is 0 Å². The zero-order valence-corrected chi connectivity index (χ0v) is 16.2. The van der Waals surface area contributed by atoms with Crippen molar-refractivity contribution < 1.29 is 14.8 Å². The van der Waals surface area contributed by atoms with Gasteiger partial charge in [0.25, 0.3) is 11.8 Å². The van der Waals surface area contributed by atoms with E-state index < -0.39 is 5.91 Å². The van der Waals surface area contributed by atoms with E-state index in [4.69, 9.17) is 28.4 Å². The number of likely N-dealkylation sites (tertiary alicyclic amines) is 1. The van der Waals surface area contributed by atoms with Gasteiger partial charge in [0.2, 0.25) is 0 Å². The van der Waals surface area contributed by atoms with Gasteiger partial charge in [-0.1, -0.05) is 35.3 Å². The smallest absolute Gasteiger partial charge is 0.267 e. The lowest BCUT2D eigenvalue weighted by Gasteiger charge is -2.18. The number of halogens is 2. The van der Waals surface area contributed by atoms with E-state index in [1.807, 2.05) is 0 Å². The number of nitrogens with one attached hydrogen (secondary N) is 2. The van der Waals surface area contributed by atoms with Gasteiger partial charge in [0.15, 0.2) is 0 Å². The van der Waals surface area contributed by atoms with Crippen LogP contribution in [0.4, 0.5) is 5.82 Å². The maximum absolute atomic E-state index is 12.6. The number of benzene rings is 1. The molecule has 0 saturated carbocycles. The first-order chi connectivity index (χ1) is 13.5. The van der Waals surface area contributed by atoms with E-state index in [1.165, 1.54) is 11.6 Å². The third-order valence-corrected chi connectivity index (χ3v) is 4.94. The van der Waals surface area contributed by atoms with Gasteiger partial charge in [-0.3, -0.25) is 14.8 Å². The summed E-state index contributed by atoms with van der Waals surface area (Å²) in [6.45, 7) is 1.12. The van der Waals surface area contributed by atoms with E-state index in [2.05, 4.69) is 10.3 Å². The Morgan fingerprint density at radius 3 is 2.75 bits per heavy atom. The monoisotopic (exact) mass is 420 g/mol. The molecule has 1 atom stereocenters. The Hall–Kier alpha value is -2.61. The van der Waals surface area contributed by atoms with Gasteiger partial charge in [-0.15, -0.1) is 0 Å². The maximum Gasteiger partial charge on any atom is 0.267 e. The highest BCUT2D eigenvalue weighted by atomic mass is 35.5. The van der Waals surface area contributed by atoms with Gasteiger partial charge in [0, 0.05) is 31.4 Å². The van der Waals surface area contributed by atoms with Crippen molar-refractivity contribution >= 4 is 46.9 Å². The summed E-state index contributed by atoms with van der Waals surface area (Å²) in [5.41, 5.74) is 2.61. The molecule has 7 nitrogen and oxygen atoms in total. The Morgan fingerprint density at radius 1 is 1.25 bits per heavy atom. The first-order valence-corrected chi connectivity index (χ1v) is 9.31. The van der Waals surface area contributed by atoms with Gasteiger partial charge >= 0.3 is 0 Å². The quantitative estimate of drug-likeness (QED) is 0.392. The highest BCUT2D eigenvalue weighted by molar-refractivity contribution is 6.34. The van der Waals surface area contributed by atoms with Crippen molar-refractivity contribution in [3.05, 3.63) is 63.8 Å². The molecule has 28 heavy (non-hydrogen) atoms. The molecule has 2 aromatic rings. The number of anilines is 1. The minimum Gasteiger partial charge on any atom is -0.364 e. The van der Waals surface area contributed by atoms with Crippen molar-refractivity contribution in [2.45, 2.75) is 12.5 Å². The zero-order chi connectivity index (χ0) is 20.1. The Bertz CT molecular complexity index is 920. The van der Waals surface area contributed by atoms with Crippen LogP contribution in [0.15, 0.2) is 42.6 Å². The van der Waals surface area contributed by atoms with E-state index in [0.29, 0.717) is 40.1 Å². The largest absolute Gasteiger partial charge is 0.364 e. The second kappa shape index (κ2) is 9.05. The van der Waals surface area contributed by atoms with Gasteiger partial charge in [0.1, 0.15) is 5.82 Å². The summed E-state index contributed by atoms with van der Waals surface area (Å²) in [6.07, 6.45) is 4.95. The lowest BCUT2D eigenvalue weighted by atomic mass is 10.2. The van der Waals surface area contributed by atoms with E-state index in [0.717, 1.165) is 12.5 Å². The van der Waals surface area contributed by atoms with Crippen molar-refractivity contribution in [1.82, 2.24) is 15.4 Å². The number of hydrogen-bond acceptors (Lipinski definition) is 5. The number of carbonyl (C=O) groups is 2. The molecule has 1 aromatic carbocycles. The number of rotatable bonds is 5. The van der Waals surface area contributed by atoms with E-state index in [1.54, 1.807) is 41.4 Å². The first kappa shape index (κ1) is 20.1. The molecule has 1 saturated heterocycles. The van der Waals surface area contributed by atoms with Gasteiger partial charge < -0.3 is 10.2 Å². The fraction of sp³-hybridized carbons (Fsp3) is 0.211. The van der Waals surface area contributed by atoms with Crippen LogP contribution in [-0.4, -0.2) is 46.0 Å². The van der Waals surface area contributed by atoms with Gasteiger partial charge in [0.05, 0.1) is 15.6 Å². The Labute approximate surface area is 171 Å². The van der Waals surface area contributed by atoms with Crippen LogP contribution in [0.2, 0.25) is 10.0 Å². The minimum atomic E-state index is -0.646. The van der Waals surface area contributed by atoms with Crippen LogP contribution in [0.3, 0.4) is 0 Å². The summed E-state index contributed by atoms with van der Waals surface area (Å²) in [4.78, 5) is 29.7. The van der Waals surface area contributed by atoms with Crippen molar-refractivity contribution in [2.75, 3.05) is 18.4 Å². The van der Waals surface area contributed by atoms with Crippen molar-refractivity contribution in [1.29, 1.82) is 0 Å². The van der Waals surface area contributed by atoms with Crippen LogP contribution in [0.1, 0.15) is 22.3 Å². The number of pyridine rings is 1. The standard InChI is InChI=1S/C19H18Cl2N4O3/c20-15-4-2-1-3-14(15)19(27)25-8-7-13(11-25)23-18-16(21)9-12(10-22-18)5-6-17(26)24-28/h1-6,9-10,13,28H,7-8,11H2,(H,22,23)(H,24,26)/b6-5+/t13-/m1/s1. The molecule has 0 bridgehead atoms. The Kier molecular flexibility index (Phi) is 6.51. The van der Waals surface area contributed by atoms with E-state index >= 15 is 0 Å². The Balaban J connectivity index is 1.62. The third kappa shape index (κ3) is 4.81. The lowest BCUT2D eigenvalue weighted by molar-refractivity contribution is -0.124. The average molecular weight is 421 g/mol. The second-order valence-corrected chi connectivity index (χ2v) is 7.08. The molecule has 1 aliphatic rings. The van der Waals surface area contributed by atoms with Crippen molar-refractivity contribution in [2.24, 2.45) is 0 Å². The molecule has 146 valence electrons.